The molecule has 210 valence electrons. The van der Waals surface area contributed by atoms with Gasteiger partial charge in [-0.3, -0.25) is 0 Å². The Morgan fingerprint density at radius 1 is 0.721 bits per heavy atom. The van der Waals surface area contributed by atoms with Gasteiger partial charge in [0.05, 0.1) is 5.57 Å². The number of pyridine rings is 1. The van der Waals surface area contributed by atoms with Gasteiger partial charge < -0.3 is 5.32 Å². The summed E-state index contributed by atoms with van der Waals surface area (Å²) in [7, 11) is 0. The van der Waals surface area contributed by atoms with Crippen molar-refractivity contribution < 1.29 is 4.24 Å². The summed E-state index contributed by atoms with van der Waals surface area (Å²) in [5, 5.41) is 10.2. The molecule has 0 saturated heterocycles. The van der Waals surface area contributed by atoms with E-state index < -0.39 is 0 Å². The van der Waals surface area contributed by atoms with E-state index in [0.29, 0.717) is 0 Å². The highest BCUT2D eigenvalue weighted by molar-refractivity contribution is 6.03. The number of allylic oxidation sites excluding steroid dienone is 2. The maximum absolute atomic E-state index is 4.72. The van der Waals surface area contributed by atoms with E-state index in [1.54, 1.807) is 0 Å². The van der Waals surface area contributed by atoms with Crippen molar-refractivity contribution in [2.24, 2.45) is 0 Å². The zero-order valence-electron chi connectivity index (χ0n) is 25.0. The van der Waals surface area contributed by atoms with Crippen LogP contribution in [-0.4, -0.2) is 0 Å². The first-order chi connectivity index (χ1) is 21.2. The molecule has 7 rings (SSSR count). The lowest BCUT2D eigenvalue weighted by atomic mass is 9.89. The largest absolute Gasteiger partial charge is 0.369 e. The molecule has 0 radical (unpaired) electrons. The summed E-state index contributed by atoms with van der Waals surface area (Å²) >= 11 is 0. The minimum Gasteiger partial charge on any atom is -0.369 e. The van der Waals surface area contributed by atoms with Crippen molar-refractivity contribution in [3.8, 4) is 0 Å². The van der Waals surface area contributed by atoms with Gasteiger partial charge >= 0.3 is 0 Å². The topological polar surface area (TPSA) is 17.9 Å². The first kappa shape index (κ1) is 26.9. The average molecular weight is 558 g/mol. The fourth-order valence-corrected chi connectivity index (χ4v) is 6.85. The van der Waals surface area contributed by atoms with Crippen LogP contribution in [0.15, 0.2) is 127 Å². The highest BCUT2D eigenvalue weighted by Crippen LogP contribution is 2.38. The quantitative estimate of drug-likeness (QED) is 0.160. The molecule has 2 nitrogen and oxygen atoms in total. The third-order valence-electron chi connectivity index (χ3n) is 9.01. The number of nitrogens with zero attached hydrogens (tertiary/aromatic N) is 1. The van der Waals surface area contributed by atoms with Gasteiger partial charge in [0, 0.05) is 23.4 Å². The van der Waals surface area contributed by atoms with Crippen LogP contribution >= 0.6 is 0 Å². The standard InChI is InChI=1S/C41H37N2/c1-4-28-18-12-19-29(5-2)40(28)42-41(39-34-22-10-7-16-31(34)27-32-17-8-11-23-35(32)39)38-26-14-25-37(43(38)3)36-24-13-20-30-15-6-9-21-33(30)36/h6-19,21-27,41-42H,3-5,20H2,1-2H3/q+1/b37-36+. The molecule has 43 heavy (non-hydrogen) atoms. The molecule has 0 spiro atoms. The molecule has 5 aromatic carbocycles. The van der Waals surface area contributed by atoms with E-state index in [-0.39, 0.29) is 6.04 Å². The van der Waals surface area contributed by atoms with Crippen molar-refractivity contribution in [2.45, 2.75) is 39.2 Å². The number of aryl methyl sites for hydroxylation is 2. The van der Waals surface area contributed by atoms with Crippen molar-refractivity contribution in [3.05, 3.63) is 173 Å². The third-order valence-corrected chi connectivity index (χ3v) is 9.01. The zero-order chi connectivity index (χ0) is 29.3. The third kappa shape index (κ3) is 4.73. The fourth-order valence-electron chi connectivity index (χ4n) is 6.85. The van der Waals surface area contributed by atoms with Crippen LogP contribution in [0.25, 0.3) is 27.1 Å². The molecule has 1 unspecified atom stereocenters. The van der Waals surface area contributed by atoms with Gasteiger partial charge in [-0.1, -0.05) is 117 Å². The summed E-state index contributed by atoms with van der Waals surface area (Å²) < 4.78 is 2.16. The van der Waals surface area contributed by atoms with E-state index in [4.69, 9.17) is 6.72 Å². The predicted octanol–water partition coefficient (Wildman–Crippen LogP) is 8.56. The van der Waals surface area contributed by atoms with Crippen LogP contribution in [0.4, 0.5) is 5.69 Å². The molecule has 1 aliphatic rings. The van der Waals surface area contributed by atoms with Crippen molar-refractivity contribution in [2.75, 3.05) is 5.32 Å². The predicted molar refractivity (Wildman–Crippen MR) is 181 cm³/mol. The molecule has 1 N–H and O–H groups in total. The number of nitrogens with one attached hydrogen (secondary N) is 1. The Morgan fingerprint density at radius 3 is 2.05 bits per heavy atom. The monoisotopic (exact) mass is 557 g/mol. The second-order valence-electron chi connectivity index (χ2n) is 11.4. The van der Waals surface area contributed by atoms with Gasteiger partial charge in [-0.05, 0) is 75.2 Å². The molecule has 1 aromatic heterocycles. The maximum Gasteiger partial charge on any atom is 0.218 e. The van der Waals surface area contributed by atoms with Crippen molar-refractivity contribution in [1.82, 2.24) is 0 Å². The lowest BCUT2D eigenvalue weighted by molar-refractivity contribution is -0.524. The van der Waals surface area contributed by atoms with Gasteiger partial charge in [0.15, 0.2) is 0 Å². The van der Waals surface area contributed by atoms with Crippen LogP contribution in [0, 0.1) is 6.72 Å². The summed E-state index contributed by atoms with van der Waals surface area (Å²) in [4.78, 5) is 0. The molecule has 1 aliphatic carbocycles. The first-order valence-electron chi connectivity index (χ1n) is 15.4. The highest BCUT2D eigenvalue weighted by atomic mass is 15.0. The summed E-state index contributed by atoms with van der Waals surface area (Å²) in [6.45, 7) is 9.21. The maximum atomic E-state index is 4.72. The summed E-state index contributed by atoms with van der Waals surface area (Å²) in [6, 6.07) is 41.8. The van der Waals surface area contributed by atoms with Gasteiger partial charge in [0.2, 0.25) is 11.0 Å². The van der Waals surface area contributed by atoms with E-state index in [0.717, 1.165) is 30.3 Å². The molecule has 1 atom stereocenters. The van der Waals surface area contributed by atoms with Crippen molar-refractivity contribution >= 4 is 32.8 Å². The lowest BCUT2D eigenvalue weighted by Crippen LogP contribution is -2.43. The Bertz CT molecular complexity index is 2060. The van der Waals surface area contributed by atoms with Crippen molar-refractivity contribution in [1.29, 1.82) is 0 Å². The van der Waals surface area contributed by atoms with E-state index in [2.05, 4.69) is 151 Å². The molecule has 0 saturated carbocycles. The lowest BCUT2D eigenvalue weighted by Gasteiger charge is -2.25. The Hall–Kier alpha value is -4.95. The molecular formula is C41H37N2+. The molecule has 0 aliphatic heterocycles. The number of fused-ring (bicyclic) bond motifs is 3. The smallest absolute Gasteiger partial charge is 0.218 e. The number of anilines is 1. The molecular weight excluding hydrogens is 520 g/mol. The summed E-state index contributed by atoms with van der Waals surface area (Å²) in [5.41, 5.74) is 10.1. The minimum atomic E-state index is -0.144. The second kappa shape index (κ2) is 11.4. The van der Waals surface area contributed by atoms with E-state index >= 15 is 0 Å². The number of rotatable bonds is 6. The number of hydrogen-bond donors (Lipinski definition) is 1. The molecule has 0 amide bonds. The second-order valence-corrected chi connectivity index (χ2v) is 11.4. The Labute approximate surface area is 254 Å². The van der Waals surface area contributed by atoms with Crippen LogP contribution in [0.5, 0.6) is 0 Å². The number of aromatic nitrogens is 1. The van der Waals surface area contributed by atoms with Gasteiger partial charge in [-0.25, -0.2) is 0 Å². The SMILES string of the molecule is C=[n+]1c(C(Nc2c(CC)cccc2CC)c2c3ccccc3cc3ccccc23)ccc/c1=C1/C=CCc2ccccc21. The van der Waals surface area contributed by atoms with Gasteiger partial charge in [0.25, 0.3) is 0 Å². The van der Waals surface area contributed by atoms with Crippen LogP contribution in [0.2, 0.25) is 0 Å². The Kier molecular flexibility index (Phi) is 7.12. The minimum absolute atomic E-state index is 0.144. The molecule has 0 bridgehead atoms. The van der Waals surface area contributed by atoms with Crippen LogP contribution in [0.3, 0.4) is 0 Å². The van der Waals surface area contributed by atoms with Crippen molar-refractivity contribution in [3.63, 3.8) is 0 Å². The van der Waals surface area contributed by atoms with Gasteiger partial charge in [0.1, 0.15) is 12.8 Å². The Morgan fingerprint density at radius 2 is 1.35 bits per heavy atom. The van der Waals surface area contributed by atoms with Crippen LogP contribution in [0.1, 0.15) is 53.4 Å². The highest BCUT2D eigenvalue weighted by Gasteiger charge is 2.28. The van der Waals surface area contributed by atoms with Gasteiger partial charge in [-0.15, -0.1) is 0 Å². The number of hydrogen-bond acceptors (Lipinski definition) is 1. The zero-order valence-corrected chi connectivity index (χ0v) is 25.0. The van der Waals surface area contributed by atoms with Crippen LogP contribution in [-0.2, 0) is 19.3 Å². The number of benzene rings is 5. The molecule has 2 heteroatoms. The molecule has 0 fully saturated rings. The van der Waals surface area contributed by atoms with E-state index in [1.165, 1.54) is 60.6 Å². The summed E-state index contributed by atoms with van der Waals surface area (Å²) in [5.74, 6) is 0. The summed E-state index contributed by atoms with van der Waals surface area (Å²) in [6.07, 6.45) is 7.41. The average Bonchev–Trinajstić information content (AvgIpc) is 3.06. The first-order valence-corrected chi connectivity index (χ1v) is 15.4. The number of para-hydroxylation sites is 1. The van der Waals surface area contributed by atoms with E-state index in [9.17, 15) is 0 Å². The normalized spacial score (nSPS) is 14.6. The van der Waals surface area contributed by atoms with Gasteiger partial charge in [-0.2, -0.15) is 4.24 Å². The molecule has 6 aromatic rings. The molecule has 1 heterocycles. The Balaban J connectivity index is 1.57. The van der Waals surface area contributed by atoms with E-state index in [1.807, 2.05) is 0 Å². The van der Waals surface area contributed by atoms with Crippen LogP contribution < -0.4 is 14.9 Å². The fraction of sp³-hybridized carbons (Fsp3) is 0.146.